The van der Waals surface area contributed by atoms with Gasteiger partial charge < -0.3 is 20.3 Å². The molecular weight excluding hydrogens is 381 g/mol. The first kappa shape index (κ1) is 18.7. The zero-order chi connectivity index (χ0) is 20.8. The second-order valence-electron chi connectivity index (χ2n) is 7.87. The minimum Gasteiger partial charge on any atom is -0.403 e. The maximum atomic E-state index is 13.3. The Hall–Kier alpha value is -3.29. The van der Waals surface area contributed by atoms with E-state index in [2.05, 4.69) is 15.5 Å². The fourth-order valence-electron chi connectivity index (χ4n) is 4.37. The Kier molecular flexibility index (Phi) is 4.49. The molecule has 5 N–H and O–H groups in total. The molecule has 2 aromatic carbocycles. The fraction of sp³-hybridized carbons (Fsp3) is 0.217. The molecule has 2 aliphatic rings. The number of benzene rings is 2. The lowest BCUT2D eigenvalue weighted by Crippen LogP contribution is -2.30. The summed E-state index contributed by atoms with van der Waals surface area (Å²) < 4.78 is 15.4. The fourth-order valence-corrected chi connectivity index (χ4v) is 4.37. The van der Waals surface area contributed by atoms with Crippen molar-refractivity contribution >= 4 is 17.1 Å². The molecule has 6 nitrogen and oxygen atoms in total. The van der Waals surface area contributed by atoms with Gasteiger partial charge in [0.1, 0.15) is 5.82 Å². The molecule has 7 heteroatoms. The lowest BCUT2D eigenvalue weighted by Gasteiger charge is -2.23. The number of aliphatic hydroxyl groups excluding tert-OH is 1. The highest BCUT2D eigenvalue weighted by Gasteiger charge is 2.25. The molecule has 0 radical (unpaired) electrons. The van der Waals surface area contributed by atoms with Crippen molar-refractivity contribution in [2.75, 3.05) is 23.0 Å². The van der Waals surface area contributed by atoms with Gasteiger partial charge in [-0.25, -0.2) is 10.2 Å². The summed E-state index contributed by atoms with van der Waals surface area (Å²) in [5.41, 5.74) is 12.5. The van der Waals surface area contributed by atoms with Crippen LogP contribution >= 0.6 is 0 Å². The summed E-state index contributed by atoms with van der Waals surface area (Å²) in [6.45, 7) is 2.10. The van der Waals surface area contributed by atoms with Gasteiger partial charge in [-0.3, -0.25) is 5.01 Å². The van der Waals surface area contributed by atoms with E-state index in [9.17, 15) is 9.50 Å². The first-order valence-corrected chi connectivity index (χ1v) is 10.0. The average molecular weight is 405 g/mol. The number of nitrogens with zero attached hydrogens (tertiary/aromatic N) is 3. The highest BCUT2D eigenvalue weighted by atomic mass is 19.1. The first-order chi connectivity index (χ1) is 14.5. The van der Waals surface area contributed by atoms with E-state index >= 15 is 0 Å². The van der Waals surface area contributed by atoms with Gasteiger partial charge in [0.15, 0.2) is 0 Å². The summed E-state index contributed by atoms with van der Waals surface area (Å²) >= 11 is 0. The van der Waals surface area contributed by atoms with Crippen LogP contribution in [-0.2, 0) is 6.54 Å². The van der Waals surface area contributed by atoms with Gasteiger partial charge in [-0.2, -0.15) is 0 Å². The summed E-state index contributed by atoms with van der Waals surface area (Å²) in [6.07, 6.45) is 4.06. The van der Waals surface area contributed by atoms with Crippen LogP contribution in [-0.4, -0.2) is 28.9 Å². The SMILES string of the molecule is N/C=C1/c2cc(-c3ccc(F)cc3)cn2Cc2cc(N3CCC(O)C3)ccc2N1N. The smallest absolute Gasteiger partial charge is 0.123 e. The quantitative estimate of drug-likeness (QED) is 0.571. The van der Waals surface area contributed by atoms with Crippen LogP contribution in [0.15, 0.2) is 60.9 Å². The van der Waals surface area contributed by atoms with Crippen molar-refractivity contribution in [3.63, 3.8) is 0 Å². The normalized spacial score (nSPS) is 19.7. The van der Waals surface area contributed by atoms with Gasteiger partial charge in [-0.15, -0.1) is 0 Å². The highest BCUT2D eigenvalue weighted by molar-refractivity contribution is 5.83. The van der Waals surface area contributed by atoms with Crippen molar-refractivity contribution in [3.8, 4) is 11.1 Å². The molecular formula is C23H24FN5O. The summed E-state index contributed by atoms with van der Waals surface area (Å²) in [7, 11) is 0. The van der Waals surface area contributed by atoms with E-state index in [1.807, 2.05) is 24.4 Å². The van der Waals surface area contributed by atoms with Gasteiger partial charge in [-0.05, 0) is 53.9 Å². The van der Waals surface area contributed by atoms with Crippen LogP contribution in [0.25, 0.3) is 16.8 Å². The zero-order valence-corrected chi connectivity index (χ0v) is 16.5. The van der Waals surface area contributed by atoms with Crippen LogP contribution in [0.4, 0.5) is 15.8 Å². The third-order valence-electron chi connectivity index (χ3n) is 5.95. The third-order valence-corrected chi connectivity index (χ3v) is 5.95. The molecule has 154 valence electrons. The lowest BCUT2D eigenvalue weighted by atomic mass is 10.1. The number of rotatable bonds is 2. The molecule has 1 atom stereocenters. The van der Waals surface area contributed by atoms with Gasteiger partial charge in [0.05, 0.1) is 23.2 Å². The minimum atomic E-state index is -0.282. The van der Waals surface area contributed by atoms with Crippen LogP contribution < -0.4 is 21.5 Å². The number of halogens is 1. The largest absolute Gasteiger partial charge is 0.403 e. The maximum absolute atomic E-state index is 13.3. The minimum absolute atomic E-state index is 0.260. The number of aliphatic hydroxyl groups is 1. The van der Waals surface area contributed by atoms with Crippen LogP contribution in [0, 0.1) is 5.82 Å². The van der Waals surface area contributed by atoms with Crippen molar-refractivity contribution in [1.29, 1.82) is 0 Å². The van der Waals surface area contributed by atoms with Crippen LogP contribution in [0.2, 0.25) is 0 Å². The topological polar surface area (TPSA) is 83.7 Å². The first-order valence-electron chi connectivity index (χ1n) is 10.0. The summed E-state index contributed by atoms with van der Waals surface area (Å²) in [6, 6.07) is 14.6. The summed E-state index contributed by atoms with van der Waals surface area (Å²) in [5.74, 6) is 6.22. The molecule has 0 spiro atoms. The number of aromatic nitrogens is 1. The molecule has 2 aliphatic heterocycles. The molecule has 5 rings (SSSR count). The number of anilines is 2. The molecule has 3 heterocycles. The number of fused-ring (bicyclic) bond motifs is 2. The van der Waals surface area contributed by atoms with Crippen molar-refractivity contribution < 1.29 is 9.50 Å². The standard InChI is InChI=1S/C23H24FN5O/c24-18-3-1-15(2-4-18)16-10-22-23(11-25)29(26)21-6-5-19(27-8-7-20(30)14-27)9-17(21)13-28(22)12-16/h1-6,9-12,20,30H,7-8,13-14,25-26H2/b23-11-. The Morgan fingerprint density at radius 2 is 1.87 bits per heavy atom. The molecule has 3 aromatic rings. The zero-order valence-electron chi connectivity index (χ0n) is 16.5. The van der Waals surface area contributed by atoms with Gasteiger partial charge >= 0.3 is 0 Å². The number of hydrazine groups is 1. The van der Waals surface area contributed by atoms with E-state index in [4.69, 9.17) is 11.6 Å². The predicted octanol–water partition coefficient (Wildman–Crippen LogP) is 2.86. The number of hydrogen-bond donors (Lipinski definition) is 3. The van der Waals surface area contributed by atoms with E-state index < -0.39 is 0 Å². The predicted molar refractivity (Wildman–Crippen MR) is 117 cm³/mol. The lowest BCUT2D eigenvalue weighted by molar-refractivity contribution is 0.198. The second-order valence-corrected chi connectivity index (χ2v) is 7.87. The highest BCUT2D eigenvalue weighted by Crippen LogP contribution is 2.36. The molecule has 1 aromatic heterocycles. The Morgan fingerprint density at radius 3 is 2.57 bits per heavy atom. The van der Waals surface area contributed by atoms with Crippen LogP contribution in [0.3, 0.4) is 0 Å². The Bertz CT molecular complexity index is 1120. The number of β-amino-alcohol motifs (C(OH)–C–C–N with tert-alkyl or cyclic N) is 1. The van der Waals surface area contributed by atoms with Crippen LogP contribution in [0.5, 0.6) is 0 Å². The number of nitrogens with two attached hydrogens (primary N) is 2. The molecule has 1 saturated heterocycles. The summed E-state index contributed by atoms with van der Waals surface area (Å²) in [5, 5.41) is 11.5. The molecule has 0 aliphatic carbocycles. The van der Waals surface area contributed by atoms with E-state index in [-0.39, 0.29) is 11.9 Å². The maximum Gasteiger partial charge on any atom is 0.123 e. The van der Waals surface area contributed by atoms with Gasteiger partial charge in [0.25, 0.3) is 0 Å². The molecule has 1 fully saturated rings. The number of hydrogen-bond acceptors (Lipinski definition) is 5. The van der Waals surface area contributed by atoms with E-state index in [0.29, 0.717) is 18.8 Å². The molecule has 0 amide bonds. The van der Waals surface area contributed by atoms with Crippen molar-refractivity contribution in [2.45, 2.75) is 19.1 Å². The Morgan fingerprint density at radius 1 is 1.07 bits per heavy atom. The Balaban J connectivity index is 1.57. The van der Waals surface area contributed by atoms with E-state index in [0.717, 1.165) is 46.7 Å². The monoisotopic (exact) mass is 405 g/mol. The van der Waals surface area contributed by atoms with Crippen molar-refractivity contribution in [3.05, 3.63) is 78.0 Å². The molecule has 0 bridgehead atoms. The van der Waals surface area contributed by atoms with Gasteiger partial charge in [-0.1, -0.05) is 12.1 Å². The van der Waals surface area contributed by atoms with E-state index in [1.54, 1.807) is 17.1 Å². The van der Waals surface area contributed by atoms with Gasteiger partial charge in [0, 0.05) is 43.3 Å². The third kappa shape index (κ3) is 3.12. The molecule has 30 heavy (non-hydrogen) atoms. The molecule has 1 unspecified atom stereocenters. The van der Waals surface area contributed by atoms with E-state index in [1.165, 1.54) is 18.3 Å². The second kappa shape index (κ2) is 7.19. The Labute approximate surface area is 174 Å². The van der Waals surface area contributed by atoms with Crippen molar-refractivity contribution in [2.24, 2.45) is 11.6 Å². The average Bonchev–Trinajstić information content (AvgIpc) is 3.33. The molecule has 0 saturated carbocycles. The van der Waals surface area contributed by atoms with Crippen molar-refractivity contribution in [1.82, 2.24) is 4.57 Å². The van der Waals surface area contributed by atoms with Crippen LogP contribution in [0.1, 0.15) is 17.7 Å². The van der Waals surface area contributed by atoms with Gasteiger partial charge in [0.2, 0.25) is 0 Å². The summed E-state index contributed by atoms with van der Waals surface area (Å²) in [4.78, 5) is 2.19.